The van der Waals surface area contributed by atoms with Gasteiger partial charge in [0, 0.05) is 29.6 Å². The molecule has 3 heteroatoms. The molecule has 1 fully saturated rings. The maximum Gasteiger partial charge on any atom is 0.134 e. The van der Waals surface area contributed by atoms with Crippen molar-refractivity contribution in [3.8, 4) is 0 Å². The van der Waals surface area contributed by atoms with Crippen LogP contribution in [0.1, 0.15) is 24.4 Å². The van der Waals surface area contributed by atoms with Crippen molar-refractivity contribution in [3.63, 3.8) is 0 Å². The Morgan fingerprint density at radius 3 is 2.94 bits per heavy atom. The monoisotopic (exact) mass is 230 g/mol. The molecular weight excluding hydrogens is 212 g/mol. The average Bonchev–Trinajstić information content (AvgIpc) is 3.10. The van der Waals surface area contributed by atoms with E-state index in [4.69, 9.17) is 4.42 Å². The van der Waals surface area contributed by atoms with Gasteiger partial charge in [0.1, 0.15) is 5.58 Å². The van der Waals surface area contributed by atoms with E-state index in [9.17, 15) is 0 Å². The largest absolute Gasteiger partial charge is 0.464 e. The molecule has 0 bridgehead atoms. The van der Waals surface area contributed by atoms with E-state index in [0.717, 1.165) is 18.2 Å². The van der Waals surface area contributed by atoms with E-state index in [1.54, 1.807) is 0 Å². The molecule has 1 heterocycles. The molecule has 1 aliphatic carbocycles. The molecule has 1 unspecified atom stereocenters. The smallest absolute Gasteiger partial charge is 0.134 e. The fraction of sp³-hybridized carbons (Fsp3) is 0.429. The zero-order valence-electron chi connectivity index (χ0n) is 10.1. The van der Waals surface area contributed by atoms with Crippen molar-refractivity contribution >= 4 is 11.0 Å². The summed E-state index contributed by atoms with van der Waals surface area (Å²) in [6.07, 6.45) is 4.52. The third kappa shape index (κ3) is 2.21. The molecule has 3 rings (SSSR count). The van der Waals surface area contributed by atoms with Crippen LogP contribution in [0.3, 0.4) is 0 Å². The third-order valence-electron chi connectivity index (χ3n) is 3.42. The summed E-state index contributed by atoms with van der Waals surface area (Å²) in [7, 11) is 2.00. The summed E-state index contributed by atoms with van der Waals surface area (Å²) in [5, 5.41) is 8.13. The van der Waals surface area contributed by atoms with Crippen LogP contribution >= 0.6 is 0 Å². The van der Waals surface area contributed by atoms with Crippen LogP contribution in [0.25, 0.3) is 11.0 Å². The first kappa shape index (κ1) is 10.8. The van der Waals surface area contributed by atoms with Gasteiger partial charge in [0.05, 0.1) is 6.26 Å². The molecule has 0 spiro atoms. The number of para-hydroxylation sites is 1. The molecule has 0 aliphatic heterocycles. The summed E-state index contributed by atoms with van der Waals surface area (Å²) in [4.78, 5) is 0. The zero-order valence-corrected chi connectivity index (χ0v) is 10.1. The summed E-state index contributed by atoms with van der Waals surface area (Å²) >= 11 is 0. The number of rotatable bonds is 5. The van der Waals surface area contributed by atoms with Crippen molar-refractivity contribution in [2.75, 3.05) is 13.6 Å². The first-order valence-electron chi connectivity index (χ1n) is 6.25. The van der Waals surface area contributed by atoms with Crippen molar-refractivity contribution in [1.29, 1.82) is 0 Å². The number of fused-ring (bicyclic) bond motifs is 1. The highest BCUT2D eigenvalue weighted by Crippen LogP contribution is 2.27. The van der Waals surface area contributed by atoms with E-state index >= 15 is 0 Å². The van der Waals surface area contributed by atoms with Gasteiger partial charge in [0.2, 0.25) is 0 Å². The van der Waals surface area contributed by atoms with E-state index in [0.29, 0.717) is 6.04 Å². The molecule has 90 valence electrons. The number of furan rings is 1. The van der Waals surface area contributed by atoms with Crippen LogP contribution in [0.15, 0.2) is 34.9 Å². The summed E-state index contributed by atoms with van der Waals surface area (Å²) in [6, 6.07) is 9.26. The standard InChI is InChI=1S/C14H18N2O/c1-15-13(8-16-10-6-7-10)12-9-17-14-5-3-2-4-11(12)14/h2-5,9-10,13,15-16H,6-8H2,1H3. The Labute approximate surface area is 101 Å². The Kier molecular flexibility index (Phi) is 2.87. The van der Waals surface area contributed by atoms with Crippen LogP contribution in [-0.4, -0.2) is 19.6 Å². The Morgan fingerprint density at radius 1 is 1.35 bits per heavy atom. The van der Waals surface area contributed by atoms with Gasteiger partial charge in [-0.1, -0.05) is 18.2 Å². The number of hydrogen-bond donors (Lipinski definition) is 2. The van der Waals surface area contributed by atoms with E-state index < -0.39 is 0 Å². The molecule has 3 nitrogen and oxygen atoms in total. The maximum absolute atomic E-state index is 5.59. The predicted molar refractivity (Wildman–Crippen MR) is 69.0 cm³/mol. The minimum Gasteiger partial charge on any atom is -0.464 e. The van der Waals surface area contributed by atoms with Crippen molar-refractivity contribution in [2.24, 2.45) is 0 Å². The first-order chi connectivity index (χ1) is 8.38. The Morgan fingerprint density at radius 2 is 2.18 bits per heavy atom. The molecular formula is C14H18N2O. The topological polar surface area (TPSA) is 37.2 Å². The SMILES string of the molecule is CNC(CNC1CC1)c1coc2ccccc12. The molecule has 0 radical (unpaired) electrons. The van der Waals surface area contributed by atoms with Gasteiger partial charge in [-0.15, -0.1) is 0 Å². The predicted octanol–water partition coefficient (Wildman–Crippen LogP) is 2.45. The van der Waals surface area contributed by atoms with Gasteiger partial charge in [-0.2, -0.15) is 0 Å². The fourth-order valence-electron chi connectivity index (χ4n) is 2.21. The van der Waals surface area contributed by atoms with Gasteiger partial charge in [0.25, 0.3) is 0 Å². The Balaban J connectivity index is 1.83. The lowest BCUT2D eigenvalue weighted by Crippen LogP contribution is -2.30. The van der Waals surface area contributed by atoms with Gasteiger partial charge >= 0.3 is 0 Å². The molecule has 17 heavy (non-hydrogen) atoms. The van der Waals surface area contributed by atoms with Crippen LogP contribution in [-0.2, 0) is 0 Å². The summed E-state index contributed by atoms with van der Waals surface area (Å²) < 4.78 is 5.59. The Hall–Kier alpha value is -1.32. The average molecular weight is 230 g/mol. The van der Waals surface area contributed by atoms with Crippen molar-refractivity contribution in [1.82, 2.24) is 10.6 Å². The van der Waals surface area contributed by atoms with Crippen molar-refractivity contribution in [3.05, 3.63) is 36.1 Å². The molecule has 2 N–H and O–H groups in total. The summed E-state index contributed by atoms with van der Waals surface area (Å²) in [5.74, 6) is 0. The highest BCUT2D eigenvalue weighted by molar-refractivity contribution is 5.81. The van der Waals surface area contributed by atoms with Crippen molar-refractivity contribution < 1.29 is 4.42 Å². The third-order valence-corrected chi connectivity index (χ3v) is 3.42. The second-order valence-corrected chi connectivity index (χ2v) is 4.71. The van der Waals surface area contributed by atoms with Gasteiger partial charge in [-0.25, -0.2) is 0 Å². The first-order valence-corrected chi connectivity index (χ1v) is 6.25. The molecule has 1 aliphatic rings. The molecule has 2 aromatic rings. The van der Waals surface area contributed by atoms with E-state index in [2.05, 4.69) is 22.8 Å². The van der Waals surface area contributed by atoms with E-state index in [1.807, 2.05) is 25.4 Å². The second-order valence-electron chi connectivity index (χ2n) is 4.71. The van der Waals surface area contributed by atoms with Gasteiger partial charge in [0.15, 0.2) is 0 Å². The number of likely N-dealkylation sites (N-methyl/N-ethyl adjacent to an activating group) is 1. The number of nitrogens with one attached hydrogen (secondary N) is 2. The van der Waals surface area contributed by atoms with Crippen LogP contribution in [0.4, 0.5) is 0 Å². The van der Waals surface area contributed by atoms with Crippen LogP contribution < -0.4 is 10.6 Å². The highest BCUT2D eigenvalue weighted by Gasteiger charge is 2.23. The summed E-state index contributed by atoms with van der Waals surface area (Å²) in [6.45, 7) is 0.963. The number of benzene rings is 1. The second kappa shape index (κ2) is 4.51. The maximum atomic E-state index is 5.59. The molecule has 0 amide bonds. The van der Waals surface area contributed by atoms with Gasteiger partial charge in [-0.05, 0) is 26.0 Å². The minimum absolute atomic E-state index is 0.319. The van der Waals surface area contributed by atoms with Crippen LogP contribution in [0.2, 0.25) is 0 Å². The lowest BCUT2D eigenvalue weighted by molar-refractivity contribution is 0.517. The minimum atomic E-state index is 0.319. The van der Waals surface area contributed by atoms with Crippen LogP contribution in [0.5, 0.6) is 0 Å². The Bertz CT molecular complexity index is 502. The van der Waals surface area contributed by atoms with Crippen molar-refractivity contribution in [2.45, 2.75) is 24.9 Å². The molecule has 1 atom stereocenters. The number of hydrogen-bond acceptors (Lipinski definition) is 3. The zero-order chi connectivity index (χ0) is 11.7. The highest BCUT2D eigenvalue weighted by atomic mass is 16.3. The molecule has 1 saturated carbocycles. The lowest BCUT2D eigenvalue weighted by atomic mass is 10.1. The van der Waals surface area contributed by atoms with Gasteiger partial charge < -0.3 is 15.1 Å². The van der Waals surface area contributed by atoms with E-state index in [-0.39, 0.29) is 0 Å². The van der Waals surface area contributed by atoms with Gasteiger partial charge in [-0.3, -0.25) is 0 Å². The molecule has 1 aromatic carbocycles. The fourth-order valence-corrected chi connectivity index (χ4v) is 2.21. The summed E-state index contributed by atoms with van der Waals surface area (Å²) in [5.41, 5.74) is 2.21. The van der Waals surface area contributed by atoms with Crippen LogP contribution in [0, 0.1) is 0 Å². The normalized spacial score (nSPS) is 17.5. The molecule has 1 aromatic heterocycles. The quantitative estimate of drug-likeness (QED) is 0.828. The molecule has 0 saturated heterocycles. The van der Waals surface area contributed by atoms with E-state index in [1.165, 1.54) is 23.8 Å². The lowest BCUT2D eigenvalue weighted by Gasteiger charge is -2.15.